The van der Waals surface area contributed by atoms with Crippen LogP contribution in [0.2, 0.25) is 0 Å². The normalized spacial score (nSPS) is 13.4. The second-order valence-corrected chi connectivity index (χ2v) is 17.1. The maximum absolute atomic E-state index is 12.8. The molecule has 0 aliphatic heterocycles. The largest absolute Gasteiger partial charge is 0.462 e. The van der Waals surface area contributed by atoms with Crippen molar-refractivity contribution in [3.63, 3.8) is 0 Å². The van der Waals surface area contributed by atoms with E-state index in [4.69, 9.17) is 14.2 Å². The molecule has 0 saturated carbocycles. The molecule has 1 unspecified atom stereocenters. The summed E-state index contributed by atoms with van der Waals surface area (Å²) in [4.78, 5) is 38.0. The lowest BCUT2D eigenvalue weighted by Gasteiger charge is -2.18. The van der Waals surface area contributed by atoms with Crippen molar-refractivity contribution in [3.8, 4) is 0 Å². The molecule has 0 bridgehead atoms. The van der Waals surface area contributed by atoms with E-state index >= 15 is 0 Å². The van der Waals surface area contributed by atoms with Gasteiger partial charge in [0.2, 0.25) is 0 Å². The molecule has 0 aliphatic rings. The summed E-state index contributed by atoms with van der Waals surface area (Å²) >= 11 is 0. The van der Waals surface area contributed by atoms with Crippen molar-refractivity contribution in [3.05, 3.63) is 158 Å². The summed E-state index contributed by atoms with van der Waals surface area (Å²) in [6, 6.07) is 0. The van der Waals surface area contributed by atoms with Gasteiger partial charge < -0.3 is 14.2 Å². The highest BCUT2D eigenvalue weighted by molar-refractivity contribution is 5.71. The average Bonchev–Trinajstić information content (AvgIpc) is 3.35. The number of unbranched alkanes of at least 4 members (excludes halogenated alkanes) is 12. The Morgan fingerprint density at radius 3 is 1.09 bits per heavy atom. The molecule has 0 amide bonds. The maximum Gasteiger partial charge on any atom is 0.306 e. The van der Waals surface area contributed by atoms with E-state index in [0.717, 1.165) is 83.5 Å². The number of carbonyl (C=O) groups excluding carboxylic acids is 3. The van der Waals surface area contributed by atoms with Gasteiger partial charge in [0, 0.05) is 19.3 Å². The van der Waals surface area contributed by atoms with Gasteiger partial charge in [0.05, 0.1) is 0 Å². The van der Waals surface area contributed by atoms with Gasteiger partial charge in [-0.3, -0.25) is 14.4 Å². The van der Waals surface area contributed by atoms with Crippen molar-refractivity contribution < 1.29 is 28.6 Å². The summed E-state index contributed by atoms with van der Waals surface area (Å²) < 4.78 is 16.7. The van der Waals surface area contributed by atoms with Crippen LogP contribution in [-0.4, -0.2) is 37.2 Å². The highest BCUT2D eigenvalue weighted by Crippen LogP contribution is 2.14. The third-order valence-electron chi connectivity index (χ3n) is 10.7. The summed E-state index contributed by atoms with van der Waals surface area (Å²) in [7, 11) is 0. The van der Waals surface area contributed by atoms with Gasteiger partial charge in [0.1, 0.15) is 13.2 Å². The van der Waals surface area contributed by atoms with Crippen LogP contribution >= 0.6 is 0 Å². The fraction of sp³-hybridized carbons (Fsp3) is 0.540. The molecule has 0 aliphatic carbocycles. The summed E-state index contributed by atoms with van der Waals surface area (Å²) in [6.07, 6.45) is 81.2. The predicted octanol–water partition coefficient (Wildman–Crippen LogP) is 18.2. The first-order valence-corrected chi connectivity index (χ1v) is 27.0. The first-order chi connectivity index (χ1) is 34.0. The maximum atomic E-state index is 12.8. The van der Waals surface area contributed by atoms with Crippen LogP contribution in [0.4, 0.5) is 0 Å². The molecule has 0 fully saturated rings. The van der Waals surface area contributed by atoms with Gasteiger partial charge in [-0.25, -0.2) is 0 Å². The Hall–Kier alpha value is -4.97. The minimum Gasteiger partial charge on any atom is -0.462 e. The number of esters is 3. The van der Waals surface area contributed by atoms with Crippen LogP contribution in [0.3, 0.4) is 0 Å². The first-order valence-electron chi connectivity index (χ1n) is 27.0. The van der Waals surface area contributed by atoms with Crippen molar-refractivity contribution >= 4 is 17.9 Å². The van der Waals surface area contributed by atoms with Gasteiger partial charge >= 0.3 is 17.9 Å². The number of hydrogen-bond donors (Lipinski definition) is 0. The molecular formula is C63H96O6. The lowest BCUT2D eigenvalue weighted by atomic mass is 10.0. The third-order valence-corrected chi connectivity index (χ3v) is 10.7. The van der Waals surface area contributed by atoms with E-state index in [1.165, 1.54) is 64.2 Å². The Kier molecular flexibility index (Phi) is 51.6. The Bertz CT molecular complexity index is 1610. The molecular weight excluding hydrogens is 853 g/mol. The summed E-state index contributed by atoms with van der Waals surface area (Å²) in [5.41, 5.74) is 0. The van der Waals surface area contributed by atoms with Gasteiger partial charge in [0.15, 0.2) is 6.10 Å². The minimum absolute atomic E-state index is 0.137. The fourth-order valence-corrected chi connectivity index (χ4v) is 6.71. The average molecular weight is 949 g/mol. The van der Waals surface area contributed by atoms with Gasteiger partial charge in [0.25, 0.3) is 0 Å². The zero-order valence-electron chi connectivity index (χ0n) is 43.8. The Labute approximate surface area is 422 Å². The van der Waals surface area contributed by atoms with Gasteiger partial charge in [-0.15, -0.1) is 0 Å². The smallest absolute Gasteiger partial charge is 0.306 e. The van der Waals surface area contributed by atoms with Crippen LogP contribution in [0.25, 0.3) is 0 Å². The monoisotopic (exact) mass is 949 g/mol. The van der Waals surface area contributed by atoms with Crippen molar-refractivity contribution in [1.82, 2.24) is 0 Å². The molecule has 6 heteroatoms. The van der Waals surface area contributed by atoms with Gasteiger partial charge in [-0.05, 0) is 90.4 Å². The predicted molar refractivity (Wildman–Crippen MR) is 297 cm³/mol. The van der Waals surface area contributed by atoms with Crippen LogP contribution in [0.15, 0.2) is 158 Å². The van der Waals surface area contributed by atoms with Crippen molar-refractivity contribution in [2.24, 2.45) is 0 Å². The molecule has 69 heavy (non-hydrogen) atoms. The molecule has 0 radical (unpaired) electrons. The molecule has 0 saturated heterocycles. The summed E-state index contributed by atoms with van der Waals surface area (Å²) in [5, 5.41) is 0. The standard InChI is InChI=1S/C63H96O6/c1-4-7-10-13-16-19-22-25-27-29-31-33-35-38-41-44-47-50-53-56-62(65)68-59-60(58-67-61(64)55-52-49-46-43-40-37-24-21-18-15-12-9-6-3)69-63(66)57-54-51-48-45-42-39-36-34-32-30-28-26-23-20-17-14-11-8-5-2/h4,7-8,10-11,13,16-17,19-20,25-28,31-34,38-39,41-42,47-48,50-51,60H,5-6,9,12,14-15,18,21-24,29-30,35-37,40,43-46,49,52-59H2,1-3H3. The second kappa shape index (κ2) is 55.6. The highest BCUT2D eigenvalue weighted by atomic mass is 16.6. The molecule has 0 spiro atoms. The van der Waals surface area contributed by atoms with E-state index in [0.29, 0.717) is 19.3 Å². The molecule has 6 nitrogen and oxygen atoms in total. The van der Waals surface area contributed by atoms with Crippen LogP contribution in [0.1, 0.15) is 201 Å². The van der Waals surface area contributed by atoms with E-state index < -0.39 is 12.1 Å². The van der Waals surface area contributed by atoms with E-state index in [1.54, 1.807) is 0 Å². The van der Waals surface area contributed by atoms with E-state index in [9.17, 15) is 14.4 Å². The molecule has 0 heterocycles. The summed E-state index contributed by atoms with van der Waals surface area (Å²) in [5.74, 6) is -1.12. The van der Waals surface area contributed by atoms with E-state index in [1.807, 2.05) is 55.5 Å². The van der Waals surface area contributed by atoms with Crippen LogP contribution in [0, 0.1) is 0 Å². The van der Waals surface area contributed by atoms with Crippen LogP contribution in [0.5, 0.6) is 0 Å². The molecule has 384 valence electrons. The molecule has 0 aromatic rings. The number of rotatable bonds is 46. The van der Waals surface area contributed by atoms with E-state index in [2.05, 4.69) is 123 Å². The number of ether oxygens (including phenoxy) is 3. The van der Waals surface area contributed by atoms with Crippen molar-refractivity contribution in [2.45, 2.75) is 207 Å². The fourth-order valence-electron chi connectivity index (χ4n) is 6.71. The zero-order chi connectivity index (χ0) is 50.0. The number of carbonyl (C=O) groups is 3. The van der Waals surface area contributed by atoms with Crippen LogP contribution in [-0.2, 0) is 28.6 Å². The zero-order valence-corrected chi connectivity index (χ0v) is 43.8. The van der Waals surface area contributed by atoms with Crippen LogP contribution < -0.4 is 0 Å². The topological polar surface area (TPSA) is 78.9 Å². The Morgan fingerprint density at radius 2 is 0.681 bits per heavy atom. The van der Waals surface area contributed by atoms with Gasteiger partial charge in [-0.1, -0.05) is 249 Å². The second-order valence-electron chi connectivity index (χ2n) is 17.1. The molecule has 0 aromatic carbocycles. The Balaban J connectivity index is 4.65. The molecule has 0 aromatic heterocycles. The molecule has 1 atom stereocenters. The van der Waals surface area contributed by atoms with Gasteiger partial charge in [-0.2, -0.15) is 0 Å². The SMILES string of the molecule is CC=CC=CC=CCC=CCC=CCC=CCC=CCCC(=O)OCC(COC(=O)CCCCCCCCCCCCCCC)OC(=O)CCC=CCC=CCC=CCC=CCC=CCC=CCC. The molecule has 0 N–H and O–H groups in total. The van der Waals surface area contributed by atoms with Crippen molar-refractivity contribution in [2.75, 3.05) is 13.2 Å². The van der Waals surface area contributed by atoms with Crippen molar-refractivity contribution in [1.29, 1.82) is 0 Å². The number of allylic oxidation sites excluding steroid dienone is 26. The first kappa shape index (κ1) is 64.0. The highest BCUT2D eigenvalue weighted by Gasteiger charge is 2.19. The minimum atomic E-state index is -0.856. The van der Waals surface area contributed by atoms with E-state index in [-0.39, 0.29) is 38.0 Å². The lowest BCUT2D eigenvalue weighted by Crippen LogP contribution is -2.30. The lowest BCUT2D eigenvalue weighted by molar-refractivity contribution is -0.166. The Morgan fingerprint density at radius 1 is 0.348 bits per heavy atom. The third kappa shape index (κ3) is 53.8. The number of hydrogen-bond acceptors (Lipinski definition) is 6. The summed E-state index contributed by atoms with van der Waals surface area (Å²) in [6.45, 7) is 6.12. The quantitative estimate of drug-likeness (QED) is 0.0199. The molecule has 0 rings (SSSR count).